The monoisotopic (exact) mass is 297 g/mol. The highest BCUT2D eigenvalue weighted by atomic mass is 79.9. The summed E-state index contributed by atoms with van der Waals surface area (Å²) in [5.74, 6) is -0.0150. The molecule has 3 heteroatoms. The predicted octanol–water partition coefficient (Wildman–Crippen LogP) is 3.90. The van der Waals surface area contributed by atoms with Gasteiger partial charge < -0.3 is 5.32 Å². The Bertz CT molecular complexity index is 458. The van der Waals surface area contributed by atoms with Crippen LogP contribution in [0.2, 0.25) is 0 Å². The number of benzene rings is 1. The van der Waals surface area contributed by atoms with Crippen molar-refractivity contribution in [2.45, 2.75) is 47.1 Å². The van der Waals surface area contributed by atoms with Crippen molar-refractivity contribution in [3.63, 3.8) is 0 Å². The lowest BCUT2D eigenvalue weighted by Crippen LogP contribution is -2.40. The van der Waals surface area contributed by atoms with Crippen molar-refractivity contribution < 1.29 is 4.79 Å². The maximum Gasteiger partial charge on any atom is 0.251 e. The zero-order chi connectivity index (χ0) is 13.4. The second kappa shape index (κ2) is 4.81. The lowest BCUT2D eigenvalue weighted by atomic mass is 9.97. The van der Waals surface area contributed by atoms with Crippen molar-refractivity contribution in [3.05, 3.63) is 32.8 Å². The molecular weight excluding hydrogens is 278 g/mol. The van der Waals surface area contributed by atoms with Crippen LogP contribution in [0.15, 0.2) is 10.5 Å². The topological polar surface area (TPSA) is 29.1 Å². The first-order valence-electron chi connectivity index (χ1n) is 5.72. The summed E-state index contributed by atoms with van der Waals surface area (Å²) in [6.45, 7) is 12.0. The van der Waals surface area contributed by atoms with Crippen LogP contribution in [-0.4, -0.2) is 11.4 Å². The minimum atomic E-state index is -0.214. The van der Waals surface area contributed by atoms with E-state index in [-0.39, 0.29) is 11.4 Å². The van der Waals surface area contributed by atoms with Crippen LogP contribution in [0.3, 0.4) is 0 Å². The van der Waals surface area contributed by atoms with Gasteiger partial charge >= 0.3 is 0 Å². The van der Waals surface area contributed by atoms with Gasteiger partial charge in [0.2, 0.25) is 0 Å². The quantitative estimate of drug-likeness (QED) is 0.837. The van der Waals surface area contributed by atoms with Crippen molar-refractivity contribution in [2.75, 3.05) is 0 Å². The van der Waals surface area contributed by atoms with Crippen LogP contribution in [0, 0.1) is 20.8 Å². The van der Waals surface area contributed by atoms with Crippen molar-refractivity contribution in [2.24, 2.45) is 0 Å². The van der Waals surface area contributed by atoms with Crippen molar-refractivity contribution in [1.29, 1.82) is 0 Å². The molecule has 0 saturated heterocycles. The summed E-state index contributed by atoms with van der Waals surface area (Å²) in [5, 5.41) is 2.99. The van der Waals surface area contributed by atoms with Crippen LogP contribution in [0.1, 0.15) is 47.8 Å². The number of hydrogen-bond donors (Lipinski definition) is 1. The van der Waals surface area contributed by atoms with E-state index in [9.17, 15) is 4.79 Å². The molecule has 94 valence electrons. The van der Waals surface area contributed by atoms with Crippen LogP contribution < -0.4 is 5.32 Å². The van der Waals surface area contributed by atoms with Crippen LogP contribution in [-0.2, 0) is 0 Å². The van der Waals surface area contributed by atoms with E-state index in [0.29, 0.717) is 0 Å². The third-order valence-corrected chi connectivity index (χ3v) is 3.72. The summed E-state index contributed by atoms with van der Waals surface area (Å²) in [4.78, 5) is 12.2. The smallest absolute Gasteiger partial charge is 0.251 e. The Labute approximate surface area is 112 Å². The lowest BCUT2D eigenvalue weighted by Gasteiger charge is -2.22. The molecule has 0 spiro atoms. The van der Waals surface area contributed by atoms with Gasteiger partial charge in [0.1, 0.15) is 0 Å². The number of nitrogens with one attached hydrogen (secondary N) is 1. The minimum absolute atomic E-state index is 0.0150. The Morgan fingerprint density at radius 2 is 1.65 bits per heavy atom. The summed E-state index contributed by atoms with van der Waals surface area (Å²) >= 11 is 3.50. The Morgan fingerprint density at radius 3 is 2.12 bits per heavy atom. The van der Waals surface area contributed by atoms with Gasteiger partial charge in [-0.2, -0.15) is 0 Å². The van der Waals surface area contributed by atoms with Crippen molar-refractivity contribution >= 4 is 21.8 Å². The maximum absolute atomic E-state index is 12.2. The molecule has 1 aromatic carbocycles. The van der Waals surface area contributed by atoms with Crippen molar-refractivity contribution in [3.8, 4) is 0 Å². The van der Waals surface area contributed by atoms with Crippen LogP contribution in [0.5, 0.6) is 0 Å². The average molecular weight is 298 g/mol. The predicted molar refractivity (Wildman–Crippen MR) is 75.6 cm³/mol. The Morgan fingerprint density at radius 1 is 1.12 bits per heavy atom. The number of rotatable bonds is 1. The second-order valence-corrected chi connectivity index (χ2v) is 6.34. The normalized spacial score (nSPS) is 11.5. The Hall–Kier alpha value is -0.830. The summed E-state index contributed by atoms with van der Waals surface area (Å²) < 4.78 is 0.986. The summed E-state index contributed by atoms with van der Waals surface area (Å²) in [5.41, 5.74) is 3.94. The van der Waals surface area contributed by atoms with Gasteiger partial charge in [0.15, 0.2) is 0 Å². The van der Waals surface area contributed by atoms with Gasteiger partial charge in [0.25, 0.3) is 5.91 Å². The largest absolute Gasteiger partial charge is 0.347 e. The lowest BCUT2D eigenvalue weighted by molar-refractivity contribution is 0.0919. The molecule has 0 aliphatic rings. The molecule has 1 rings (SSSR count). The first-order chi connectivity index (χ1) is 7.63. The number of carbonyl (C=O) groups is 1. The van der Waals surface area contributed by atoms with E-state index in [4.69, 9.17) is 0 Å². The van der Waals surface area contributed by atoms with Crippen LogP contribution in [0.4, 0.5) is 0 Å². The molecule has 0 aromatic heterocycles. The summed E-state index contributed by atoms with van der Waals surface area (Å²) in [6, 6.07) is 1.90. The van der Waals surface area contributed by atoms with Crippen LogP contribution in [0.25, 0.3) is 0 Å². The van der Waals surface area contributed by atoms with E-state index in [1.54, 1.807) is 0 Å². The molecule has 0 fully saturated rings. The third kappa shape index (κ3) is 3.32. The summed E-state index contributed by atoms with van der Waals surface area (Å²) in [6.07, 6.45) is 0. The van der Waals surface area contributed by atoms with E-state index in [1.165, 1.54) is 11.1 Å². The molecule has 1 aromatic rings. The fourth-order valence-electron chi connectivity index (χ4n) is 1.65. The van der Waals surface area contributed by atoms with E-state index in [0.717, 1.165) is 15.6 Å². The molecule has 1 N–H and O–H groups in total. The van der Waals surface area contributed by atoms with E-state index in [1.807, 2.05) is 40.7 Å². The molecule has 2 nitrogen and oxygen atoms in total. The molecular formula is C14H20BrNO. The van der Waals surface area contributed by atoms with Gasteiger partial charge in [0.05, 0.1) is 0 Å². The molecule has 0 atom stereocenters. The second-order valence-electron chi connectivity index (χ2n) is 5.49. The van der Waals surface area contributed by atoms with E-state index < -0.39 is 0 Å². The van der Waals surface area contributed by atoms with Gasteiger partial charge in [-0.05, 0) is 64.3 Å². The molecule has 0 aliphatic heterocycles. The number of hydrogen-bond acceptors (Lipinski definition) is 1. The van der Waals surface area contributed by atoms with Crippen LogP contribution >= 0.6 is 15.9 Å². The molecule has 0 unspecified atom stereocenters. The highest BCUT2D eigenvalue weighted by Crippen LogP contribution is 2.26. The van der Waals surface area contributed by atoms with Crippen molar-refractivity contribution in [1.82, 2.24) is 5.32 Å². The van der Waals surface area contributed by atoms with Gasteiger partial charge in [-0.1, -0.05) is 15.9 Å². The molecule has 0 radical (unpaired) electrons. The Kier molecular flexibility index (Phi) is 4.03. The standard InChI is InChI=1S/C14H20BrNO/c1-8-9(2)11(7-12(15)10(8)3)13(17)16-14(4,5)6/h7H,1-6H3,(H,16,17). The fraction of sp³-hybridized carbons (Fsp3) is 0.500. The highest BCUT2D eigenvalue weighted by molar-refractivity contribution is 9.10. The number of halogens is 1. The SMILES string of the molecule is Cc1c(Br)cc(C(=O)NC(C)(C)C)c(C)c1C. The van der Waals surface area contributed by atoms with Gasteiger partial charge in [-0.3, -0.25) is 4.79 Å². The average Bonchev–Trinajstić information content (AvgIpc) is 2.17. The maximum atomic E-state index is 12.2. The van der Waals surface area contributed by atoms with Gasteiger partial charge in [-0.15, -0.1) is 0 Å². The Balaban J connectivity index is 3.20. The minimum Gasteiger partial charge on any atom is -0.347 e. The molecule has 0 heterocycles. The van der Waals surface area contributed by atoms with Gasteiger partial charge in [-0.25, -0.2) is 0 Å². The van der Waals surface area contributed by atoms with Gasteiger partial charge in [0, 0.05) is 15.6 Å². The summed E-state index contributed by atoms with van der Waals surface area (Å²) in [7, 11) is 0. The zero-order valence-corrected chi connectivity index (χ0v) is 12.9. The number of amides is 1. The number of carbonyl (C=O) groups excluding carboxylic acids is 1. The molecule has 0 saturated carbocycles. The molecule has 0 aliphatic carbocycles. The molecule has 0 bridgehead atoms. The molecule has 1 amide bonds. The van der Waals surface area contributed by atoms with E-state index in [2.05, 4.69) is 28.2 Å². The highest BCUT2D eigenvalue weighted by Gasteiger charge is 2.19. The third-order valence-electron chi connectivity index (χ3n) is 2.89. The first kappa shape index (κ1) is 14.2. The van der Waals surface area contributed by atoms with E-state index >= 15 is 0 Å². The zero-order valence-electron chi connectivity index (χ0n) is 11.4. The first-order valence-corrected chi connectivity index (χ1v) is 6.51. The fourth-order valence-corrected chi connectivity index (χ4v) is 2.18. The molecule has 17 heavy (non-hydrogen) atoms.